The lowest BCUT2D eigenvalue weighted by molar-refractivity contribution is -0.115. The van der Waals surface area contributed by atoms with E-state index in [-0.39, 0.29) is 16.9 Å². The highest BCUT2D eigenvalue weighted by Gasteiger charge is 2.17. The molecule has 8 nitrogen and oxygen atoms in total. The van der Waals surface area contributed by atoms with Crippen molar-refractivity contribution in [2.75, 3.05) is 17.2 Å². The zero-order valence-electron chi connectivity index (χ0n) is 22.0. The molecule has 1 heterocycles. The second-order valence-electron chi connectivity index (χ2n) is 8.58. The summed E-state index contributed by atoms with van der Waals surface area (Å²) in [4.78, 5) is 39.3. The van der Waals surface area contributed by atoms with Gasteiger partial charge in [0.1, 0.15) is 17.2 Å². The molecular formula is C31H29N3O5S. The number of anilines is 2. The summed E-state index contributed by atoms with van der Waals surface area (Å²) in [5.41, 5.74) is 1.67. The molecule has 0 aliphatic rings. The summed E-state index contributed by atoms with van der Waals surface area (Å²) >= 11 is 1.39. The molecule has 0 saturated heterocycles. The lowest BCUT2D eigenvalue weighted by Gasteiger charge is -2.13. The van der Waals surface area contributed by atoms with Gasteiger partial charge in [0.15, 0.2) is 0 Å². The maximum atomic E-state index is 13.1. The van der Waals surface area contributed by atoms with Gasteiger partial charge in [-0.05, 0) is 86.6 Å². The first kappa shape index (κ1) is 28.3. The smallest absolute Gasteiger partial charge is 0.272 e. The van der Waals surface area contributed by atoms with Crippen LogP contribution < -0.4 is 20.7 Å². The first-order valence-electron chi connectivity index (χ1n) is 12.6. The Kier molecular flexibility index (Phi) is 9.79. The highest BCUT2D eigenvalue weighted by Crippen LogP contribution is 2.26. The fraction of sp³-hybridized carbons (Fsp3) is 0.129. The predicted octanol–water partition coefficient (Wildman–Crippen LogP) is 6.21. The normalized spacial score (nSPS) is 11.8. The number of thioether (sulfide) groups is 1. The fourth-order valence-corrected chi connectivity index (χ4v) is 4.44. The Morgan fingerprint density at radius 1 is 0.875 bits per heavy atom. The molecule has 204 valence electrons. The zero-order valence-corrected chi connectivity index (χ0v) is 22.9. The second kappa shape index (κ2) is 13.9. The summed E-state index contributed by atoms with van der Waals surface area (Å²) in [6, 6.07) is 26.3. The fourth-order valence-electron chi connectivity index (χ4n) is 3.58. The van der Waals surface area contributed by atoms with Crippen LogP contribution in [0.1, 0.15) is 30.0 Å². The topological polar surface area (TPSA) is 110 Å². The van der Waals surface area contributed by atoms with E-state index in [1.165, 1.54) is 24.1 Å². The summed E-state index contributed by atoms with van der Waals surface area (Å²) in [6.07, 6.45) is 2.95. The van der Waals surface area contributed by atoms with E-state index in [4.69, 9.17) is 9.15 Å². The highest BCUT2D eigenvalue weighted by atomic mass is 32.2. The van der Waals surface area contributed by atoms with Crippen LogP contribution in [0, 0.1) is 0 Å². The first-order chi connectivity index (χ1) is 19.4. The van der Waals surface area contributed by atoms with Gasteiger partial charge in [-0.2, -0.15) is 0 Å². The largest absolute Gasteiger partial charge is 0.494 e. The van der Waals surface area contributed by atoms with E-state index < -0.39 is 11.8 Å². The average molecular weight is 556 g/mol. The van der Waals surface area contributed by atoms with Gasteiger partial charge in [-0.3, -0.25) is 14.4 Å². The molecule has 0 spiro atoms. The number of furan rings is 1. The third-order valence-electron chi connectivity index (χ3n) is 5.59. The minimum Gasteiger partial charge on any atom is -0.494 e. The Hall–Kier alpha value is -4.76. The molecule has 1 aromatic heterocycles. The van der Waals surface area contributed by atoms with Crippen molar-refractivity contribution in [1.29, 1.82) is 0 Å². The van der Waals surface area contributed by atoms with Gasteiger partial charge in [-0.15, -0.1) is 11.8 Å². The Labute approximate surface area is 236 Å². The Bertz CT molecular complexity index is 1450. The van der Waals surface area contributed by atoms with Crippen LogP contribution in [0.5, 0.6) is 5.75 Å². The maximum Gasteiger partial charge on any atom is 0.272 e. The van der Waals surface area contributed by atoms with Crippen LogP contribution in [-0.4, -0.2) is 29.6 Å². The molecule has 0 fully saturated rings. The molecule has 3 N–H and O–H groups in total. The van der Waals surface area contributed by atoms with Crippen LogP contribution in [0.2, 0.25) is 0 Å². The van der Waals surface area contributed by atoms with Gasteiger partial charge in [0, 0.05) is 27.9 Å². The lowest BCUT2D eigenvalue weighted by atomic mass is 10.2. The van der Waals surface area contributed by atoms with Crippen LogP contribution in [0.3, 0.4) is 0 Å². The lowest BCUT2D eigenvalue weighted by Crippen LogP contribution is -2.30. The van der Waals surface area contributed by atoms with Crippen molar-refractivity contribution in [1.82, 2.24) is 5.32 Å². The van der Waals surface area contributed by atoms with Crippen LogP contribution in [-0.2, 0) is 9.59 Å². The number of carbonyl (C=O) groups is 3. The number of benzene rings is 3. The highest BCUT2D eigenvalue weighted by molar-refractivity contribution is 8.00. The molecule has 0 bridgehead atoms. The number of ether oxygens (including phenoxy) is 1. The Balaban J connectivity index is 1.36. The van der Waals surface area contributed by atoms with Crippen molar-refractivity contribution in [3.63, 3.8) is 0 Å². The quantitative estimate of drug-likeness (QED) is 0.150. The Morgan fingerprint density at radius 3 is 2.20 bits per heavy atom. The summed E-state index contributed by atoms with van der Waals surface area (Å²) in [5.74, 6) is 0.107. The SMILES string of the molecule is CCOc1ccc(NC(=O)C(C)Sc2ccc(NC(=O)/C(=C/c3ccco3)NC(=O)c3ccccc3)cc2)cc1. The number of amides is 3. The van der Waals surface area contributed by atoms with Gasteiger partial charge in [0.05, 0.1) is 18.1 Å². The maximum absolute atomic E-state index is 13.1. The van der Waals surface area contributed by atoms with Crippen molar-refractivity contribution in [3.8, 4) is 5.75 Å². The van der Waals surface area contributed by atoms with Gasteiger partial charge < -0.3 is 25.1 Å². The number of rotatable bonds is 11. The van der Waals surface area contributed by atoms with Crippen molar-refractivity contribution in [2.24, 2.45) is 0 Å². The van der Waals surface area contributed by atoms with Crippen LogP contribution in [0.4, 0.5) is 11.4 Å². The van der Waals surface area contributed by atoms with Crippen LogP contribution in [0.15, 0.2) is 112 Å². The van der Waals surface area contributed by atoms with E-state index in [1.54, 1.807) is 66.7 Å². The zero-order chi connectivity index (χ0) is 28.3. The molecule has 4 rings (SSSR count). The molecule has 9 heteroatoms. The molecule has 3 amide bonds. The van der Waals surface area contributed by atoms with E-state index in [1.807, 2.05) is 38.1 Å². The van der Waals surface area contributed by atoms with E-state index in [0.717, 1.165) is 10.6 Å². The minimum atomic E-state index is -0.510. The van der Waals surface area contributed by atoms with Gasteiger partial charge in [-0.25, -0.2) is 0 Å². The number of carbonyl (C=O) groups excluding carboxylic acids is 3. The van der Waals surface area contributed by atoms with E-state index in [9.17, 15) is 14.4 Å². The van der Waals surface area contributed by atoms with Gasteiger partial charge in [0.25, 0.3) is 11.8 Å². The molecule has 0 saturated carbocycles. The molecule has 0 aliphatic carbocycles. The minimum absolute atomic E-state index is 0.0295. The van der Waals surface area contributed by atoms with E-state index in [2.05, 4.69) is 16.0 Å². The van der Waals surface area contributed by atoms with Gasteiger partial charge in [-0.1, -0.05) is 18.2 Å². The summed E-state index contributed by atoms with van der Waals surface area (Å²) in [5, 5.41) is 8.01. The van der Waals surface area contributed by atoms with Gasteiger partial charge in [0.2, 0.25) is 5.91 Å². The molecule has 0 aliphatic heterocycles. The number of hydrogen-bond donors (Lipinski definition) is 3. The third kappa shape index (κ3) is 8.12. The van der Waals surface area contributed by atoms with Crippen molar-refractivity contribution < 1.29 is 23.5 Å². The van der Waals surface area contributed by atoms with Crippen molar-refractivity contribution in [3.05, 3.63) is 114 Å². The molecule has 1 unspecified atom stereocenters. The monoisotopic (exact) mass is 555 g/mol. The summed E-state index contributed by atoms with van der Waals surface area (Å²) in [7, 11) is 0. The standard InChI is InChI=1S/C31H29N3O5S/c1-3-38-25-15-11-23(12-16-25)32-29(35)21(2)40-27-17-13-24(14-18-27)33-31(37)28(20-26-10-7-19-39-26)34-30(36)22-8-5-4-6-9-22/h4-21H,3H2,1-2H3,(H,32,35)(H,33,37)(H,34,36)/b28-20-. The number of hydrogen-bond acceptors (Lipinski definition) is 6. The molecule has 0 radical (unpaired) electrons. The first-order valence-corrected chi connectivity index (χ1v) is 13.5. The summed E-state index contributed by atoms with van der Waals surface area (Å²) < 4.78 is 10.8. The van der Waals surface area contributed by atoms with Crippen LogP contribution in [0.25, 0.3) is 6.08 Å². The molecular weight excluding hydrogens is 526 g/mol. The molecule has 4 aromatic rings. The van der Waals surface area contributed by atoms with Gasteiger partial charge >= 0.3 is 0 Å². The molecule has 40 heavy (non-hydrogen) atoms. The summed E-state index contributed by atoms with van der Waals surface area (Å²) in [6.45, 7) is 4.32. The van der Waals surface area contributed by atoms with Crippen LogP contribution >= 0.6 is 11.8 Å². The molecule has 1 atom stereocenters. The predicted molar refractivity (Wildman–Crippen MR) is 157 cm³/mol. The Morgan fingerprint density at radius 2 is 1.55 bits per heavy atom. The van der Waals surface area contributed by atoms with E-state index in [0.29, 0.717) is 29.3 Å². The third-order valence-corrected chi connectivity index (χ3v) is 6.70. The average Bonchev–Trinajstić information content (AvgIpc) is 3.48. The van der Waals surface area contributed by atoms with Crippen molar-refractivity contribution in [2.45, 2.75) is 24.0 Å². The van der Waals surface area contributed by atoms with Crippen molar-refractivity contribution >= 4 is 46.9 Å². The van der Waals surface area contributed by atoms with E-state index >= 15 is 0 Å². The molecule has 3 aromatic carbocycles. The second-order valence-corrected chi connectivity index (χ2v) is 9.99. The number of nitrogens with one attached hydrogen (secondary N) is 3.